The lowest BCUT2D eigenvalue weighted by Crippen LogP contribution is -2.17. The standard InChI is InChI=1S/C20H26N2.C13H10O/c1-6-15(2)17(4)22(19-10-8-7-9-11-19)20-13-12-18(21-5)14-16(20)3;14-10-11-6-8-13(9-7-11)12-4-2-1-3-5-12/h7-14,21H,6H2,1-5H3;1-10H/b17-15+;. The van der Waals surface area contributed by atoms with Gasteiger partial charge in [0, 0.05) is 35.4 Å². The summed E-state index contributed by atoms with van der Waals surface area (Å²) in [7, 11) is 1.95. The second kappa shape index (κ2) is 13.1. The van der Waals surface area contributed by atoms with Crippen LogP contribution in [0.1, 0.15) is 43.1 Å². The van der Waals surface area contributed by atoms with Gasteiger partial charge in [0.2, 0.25) is 0 Å². The van der Waals surface area contributed by atoms with Gasteiger partial charge in [-0.25, -0.2) is 0 Å². The van der Waals surface area contributed by atoms with Crippen molar-refractivity contribution in [3.8, 4) is 11.1 Å². The number of nitrogens with one attached hydrogen (secondary N) is 1. The Balaban J connectivity index is 0.000000221. The summed E-state index contributed by atoms with van der Waals surface area (Å²) in [6.07, 6.45) is 1.91. The van der Waals surface area contributed by atoms with Gasteiger partial charge in [0.05, 0.1) is 0 Å². The number of nitrogens with zero attached hydrogens (tertiary/aromatic N) is 1. The summed E-state index contributed by atoms with van der Waals surface area (Å²) in [5.74, 6) is 0. The van der Waals surface area contributed by atoms with Crippen LogP contribution in [0.2, 0.25) is 0 Å². The first-order chi connectivity index (χ1) is 17.5. The predicted molar refractivity (Wildman–Crippen MR) is 155 cm³/mol. The van der Waals surface area contributed by atoms with Gasteiger partial charge in [-0.2, -0.15) is 0 Å². The monoisotopic (exact) mass is 476 g/mol. The zero-order chi connectivity index (χ0) is 25.9. The number of aldehydes is 1. The van der Waals surface area contributed by atoms with Crippen molar-refractivity contribution in [2.45, 2.75) is 34.1 Å². The van der Waals surface area contributed by atoms with Gasteiger partial charge in [0.15, 0.2) is 0 Å². The summed E-state index contributed by atoms with van der Waals surface area (Å²) in [4.78, 5) is 12.8. The molecular weight excluding hydrogens is 440 g/mol. The Labute approximate surface area is 216 Å². The van der Waals surface area contributed by atoms with E-state index < -0.39 is 0 Å². The van der Waals surface area contributed by atoms with Crippen molar-refractivity contribution < 1.29 is 4.79 Å². The van der Waals surface area contributed by atoms with Crippen molar-refractivity contribution >= 4 is 23.3 Å². The van der Waals surface area contributed by atoms with Crippen LogP contribution in [0.3, 0.4) is 0 Å². The molecule has 4 aromatic rings. The number of carbonyl (C=O) groups is 1. The van der Waals surface area contributed by atoms with E-state index in [1.165, 1.54) is 33.8 Å². The second-order valence-electron chi connectivity index (χ2n) is 8.75. The third-order valence-electron chi connectivity index (χ3n) is 6.38. The van der Waals surface area contributed by atoms with Gasteiger partial charge in [-0.1, -0.05) is 85.3 Å². The summed E-state index contributed by atoms with van der Waals surface area (Å²) in [5.41, 5.74) is 10.6. The topological polar surface area (TPSA) is 32.3 Å². The van der Waals surface area contributed by atoms with E-state index in [1.54, 1.807) is 0 Å². The van der Waals surface area contributed by atoms with E-state index in [1.807, 2.05) is 49.5 Å². The van der Waals surface area contributed by atoms with Crippen molar-refractivity contribution in [3.05, 3.63) is 126 Å². The molecule has 0 saturated carbocycles. The van der Waals surface area contributed by atoms with Crippen LogP contribution in [-0.4, -0.2) is 13.3 Å². The molecule has 0 aliphatic carbocycles. The van der Waals surface area contributed by atoms with E-state index >= 15 is 0 Å². The quantitative estimate of drug-likeness (QED) is 0.270. The van der Waals surface area contributed by atoms with Crippen molar-refractivity contribution in [1.29, 1.82) is 0 Å². The fourth-order valence-electron chi connectivity index (χ4n) is 3.98. The first-order valence-electron chi connectivity index (χ1n) is 12.4. The Bertz CT molecular complexity index is 1280. The molecule has 0 atom stereocenters. The largest absolute Gasteiger partial charge is 0.388 e. The molecular formula is C33H36N2O. The molecule has 0 bridgehead atoms. The van der Waals surface area contributed by atoms with E-state index in [2.05, 4.69) is 98.6 Å². The summed E-state index contributed by atoms with van der Waals surface area (Å²) < 4.78 is 0. The molecule has 184 valence electrons. The third-order valence-corrected chi connectivity index (χ3v) is 6.38. The fourth-order valence-corrected chi connectivity index (χ4v) is 3.98. The minimum atomic E-state index is 0.713. The first kappa shape index (κ1) is 26.5. The summed E-state index contributed by atoms with van der Waals surface area (Å²) >= 11 is 0. The lowest BCUT2D eigenvalue weighted by atomic mass is 10.0. The normalized spacial score (nSPS) is 11.0. The van der Waals surface area contributed by atoms with Crippen LogP contribution in [0, 0.1) is 6.92 Å². The third kappa shape index (κ3) is 6.73. The fraction of sp³-hybridized carbons (Fsp3) is 0.182. The molecule has 36 heavy (non-hydrogen) atoms. The highest BCUT2D eigenvalue weighted by Gasteiger charge is 2.15. The molecule has 0 unspecified atom stereocenters. The van der Waals surface area contributed by atoms with Crippen LogP contribution in [0.5, 0.6) is 0 Å². The van der Waals surface area contributed by atoms with Crippen molar-refractivity contribution in [1.82, 2.24) is 0 Å². The van der Waals surface area contributed by atoms with Crippen molar-refractivity contribution in [3.63, 3.8) is 0 Å². The number of hydrogen-bond donors (Lipinski definition) is 1. The van der Waals surface area contributed by atoms with Gasteiger partial charge in [-0.15, -0.1) is 0 Å². The highest BCUT2D eigenvalue weighted by Crippen LogP contribution is 2.34. The van der Waals surface area contributed by atoms with E-state index in [0.29, 0.717) is 5.56 Å². The van der Waals surface area contributed by atoms with E-state index in [0.717, 1.165) is 24.0 Å². The van der Waals surface area contributed by atoms with Crippen molar-refractivity contribution in [2.75, 3.05) is 17.3 Å². The van der Waals surface area contributed by atoms with Gasteiger partial charge in [-0.3, -0.25) is 4.79 Å². The number of aryl methyl sites for hydroxylation is 1. The minimum Gasteiger partial charge on any atom is -0.388 e. The summed E-state index contributed by atoms with van der Waals surface area (Å²) in [6, 6.07) is 34.8. The molecule has 3 heteroatoms. The molecule has 0 amide bonds. The average molecular weight is 477 g/mol. The minimum absolute atomic E-state index is 0.713. The summed E-state index contributed by atoms with van der Waals surface area (Å²) in [5, 5.41) is 3.21. The first-order valence-corrected chi connectivity index (χ1v) is 12.4. The number of rotatable bonds is 7. The van der Waals surface area contributed by atoms with E-state index in [4.69, 9.17) is 0 Å². The van der Waals surface area contributed by atoms with Gasteiger partial charge < -0.3 is 10.2 Å². The molecule has 4 rings (SSSR count). The average Bonchev–Trinajstić information content (AvgIpc) is 2.95. The highest BCUT2D eigenvalue weighted by molar-refractivity contribution is 5.77. The number of hydrogen-bond acceptors (Lipinski definition) is 3. The molecule has 0 radical (unpaired) electrons. The zero-order valence-electron chi connectivity index (χ0n) is 22.0. The second-order valence-corrected chi connectivity index (χ2v) is 8.75. The molecule has 0 aromatic heterocycles. The number of anilines is 3. The molecule has 0 aliphatic rings. The smallest absolute Gasteiger partial charge is 0.150 e. The molecule has 4 aromatic carbocycles. The van der Waals surface area contributed by atoms with Crippen LogP contribution >= 0.6 is 0 Å². The van der Waals surface area contributed by atoms with Crippen LogP contribution in [0.15, 0.2) is 114 Å². The molecule has 3 nitrogen and oxygen atoms in total. The maximum Gasteiger partial charge on any atom is 0.150 e. The molecule has 0 heterocycles. The van der Waals surface area contributed by atoms with Crippen molar-refractivity contribution in [2.24, 2.45) is 0 Å². The lowest BCUT2D eigenvalue weighted by Gasteiger charge is -2.29. The van der Waals surface area contributed by atoms with E-state index in [9.17, 15) is 4.79 Å². The molecule has 1 N–H and O–H groups in total. The van der Waals surface area contributed by atoms with Gasteiger partial charge in [-0.05, 0) is 74.2 Å². The predicted octanol–water partition coefficient (Wildman–Crippen LogP) is 9.04. The number of para-hydroxylation sites is 1. The lowest BCUT2D eigenvalue weighted by molar-refractivity contribution is 0.112. The van der Waals surface area contributed by atoms with Gasteiger partial charge in [0.1, 0.15) is 6.29 Å². The van der Waals surface area contributed by atoms with E-state index in [-0.39, 0.29) is 0 Å². The van der Waals surface area contributed by atoms with Crippen LogP contribution in [0.4, 0.5) is 17.1 Å². The Morgan fingerprint density at radius 3 is 1.92 bits per heavy atom. The molecule has 0 spiro atoms. The Hall–Kier alpha value is -4.11. The number of benzene rings is 4. The maximum atomic E-state index is 10.5. The Kier molecular flexibility index (Phi) is 9.64. The van der Waals surface area contributed by atoms with Crippen LogP contribution in [0.25, 0.3) is 11.1 Å². The summed E-state index contributed by atoms with van der Waals surface area (Å²) in [6.45, 7) is 8.79. The SMILES string of the molecule is CC/C(C)=C(\C)N(c1ccccc1)c1ccc(NC)cc1C.O=Cc1ccc(-c2ccccc2)cc1. The van der Waals surface area contributed by atoms with Gasteiger partial charge >= 0.3 is 0 Å². The number of allylic oxidation sites excluding steroid dienone is 2. The Morgan fingerprint density at radius 1 is 0.806 bits per heavy atom. The molecule has 0 saturated heterocycles. The zero-order valence-corrected chi connectivity index (χ0v) is 22.0. The Morgan fingerprint density at radius 2 is 1.39 bits per heavy atom. The highest BCUT2D eigenvalue weighted by atomic mass is 16.1. The molecule has 0 aliphatic heterocycles. The number of carbonyl (C=O) groups excluding carboxylic acids is 1. The molecule has 0 fully saturated rings. The maximum absolute atomic E-state index is 10.5. The van der Waals surface area contributed by atoms with Crippen LogP contribution < -0.4 is 10.2 Å². The van der Waals surface area contributed by atoms with Gasteiger partial charge in [0.25, 0.3) is 0 Å². The van der Waals surface area contributed by atoms with Crippen LogP contribution in [-0.2, 0) is 0 Å².